The molecule has 1 rings (SSSR count). The largest absolute Gasteiger partial charge is 0.364 e. The number of rotatable bonds is 2. The first-order valence-corrected chi connectivity index (χ1v) is 3.77. The van der Waals surface area contributed by atoms with Crippen LogP contribution in [0.1, 0.15) is 6.92 Å². The molecule has 1 aliphatic rings. The van der Waals surface area contributed by atoms with E-state index in [9.17, 15) is 9.59 Å². The molecule has 0 aliphatic carbocycles. The van der Waals surface area contributed by atoms with Crippen molar-refractivity contribution in [2.75, 3.05) is 0 Å². The maximum Gasteiger partial charge on any atom is 0.265 e. The first-order chi connectivity index (χ1) is 6.13. The van der Waals surface area contributed by atoms with Gasteiger partial charge in [0.05, 0.1) is 0 Å². The van der Waals surface area contributed by atoms with Crippen LogP contribution in [0.25, 0.3) is 0 Å². The van der Waals surface area contributed by atoms with E-state index in [-0.39, 0.29) is 11.5 Å². The van der Waals surface area contributed by atoms with E-state index >= 15 is 0 Å². The molecule has 3 N–H and O–H groups in total. The molecule has 0 aromatic carbocycles. The summed E-state index contributed by atoms with van der Waals surface area (Å²) >= 11 is 0. The van der Waals surface area contributed by atoms with Gasteiger partial charge < -0.3 is 11.1 Å². The highest BCUT2D eigenvalue weighted by Gasteiger charge is 2.13. The zero-order valence-corrected chi connectivity index (χ0v) is 7.20. The van der Waals surface area contributed by atoms with Crippen LogP contribution < -0.4 is 11.1 Å². The minimum Gasteiger partial charge on any atom is -0.364 e. The van der Waals surface area contributed by atoms with Crippen molar-refractivity contribution in [2.24, 2.45) is 5.73 Å². The summed E-state index contributed by atoms with van der Waals surface area (Å²) in [5, 5.41) is 2.65. The Hall–Kier alpha value is -1.84. The molecular formula is C9H10N2O2. The fourth-order valence-electron chi connectivity index (χ4n) is 0.997. The SMILES string of the molecule is CC(=O)C1=C(C(N)=O)NC=CC=C1. The normalized spacial score (nSPS) is 15.2. The van der Waals surface area contributed by atoms with Gasteiger partial charge in [-0.25, -0.2) is 0 Å². The van der Waals surface area contributed by atoms with Gasteiger partial charge in [-0.3, -0.25) is 9.59 Å². The summed E-state index contributed by atoms with van der Waals surface area (Å²) in [4.78, 5) is 22.0. The van der Waals surface area contributed by atoms with Gasteiger partial charge in [-0.05, 0) is 19.1 Å². The van der Waals surface area contributed by atoms with Crippen molar-refractivity contribution in [3.63, 3.8) is 0 Å². The number of nitrogens with one attached hydrogen (secondary N) is 1. The minimum atomic E-state index is -0.638. The number of ketones is 1. The molecule has 0 radical (unpaired) electrons. The van der Waals surface area contributed by atoms with Gasteiger partial charge in [0.1, 0.15) is 5.70 Å². The predicted octanol–water partition coefficient (Wildman–Crippen LogP) is -0.0121. The Morgan fingerprint density at radius 3 is 2.62 bits per heavy atom. The molecule has 0 atom stereocenters. The number of hydrogen-bond acceptors (Lipinski definition) is 3. The predicted molar refractivity (Wildman–Crippen MR) is 48.3 cm³/mol. The Morgan fingerprint density at radius 2 is 2.08 bits per heavy atom. The molecule has 0 fully saturated rings. The highest BCUT2D eigenvalue weighted by molar-refractivity contribution is 6.05. The Balaban J connectivity index is 3.17. The van der Waals surface area contributed by atoms with Gasteiger partial charge in [-0.15, -0.1) is 0 Å². The van der Waals surface area contributed by atoms with Crippen molar-refractivity contribution in [3.8, 4) is 0 Å². The van der Waals surface area contributed by atoms with Crippen LogP contribution in [0.15, 0.2) is 35.7 Å². The molecule has 0 saturated heterocycles. The van der Waals surface area contributed by atoms with Gasteiger partial charge in [0, 0.05) is 11.8 Å². The molecule has 13 heavy (non-hydrogen) atoms. The van der Waals surface area contributed by atoms with E-state index in [1.165, 1.54) is 6.92 Å². The zero-order valence-electron chi connectivity index (χ0n) is 7.20. The maximum absolute atomic E-state index is 11.1. The highest BCUT2D eigenvalue weighted by atomic mass is 16.1. The van der Waals surface area contributed by atoms with E-state index in [1.54, 1.807) is 24.4 Å². The Kier molecular flexibility index (Phi) is 2.64. The molecule has 0 aromatic heterocycles. The Labute approximate surface area is 75.8 Å². The van der Waals surface area contributed by atoms with E-state index in [0.29, 0.717) is 5.57 Å². The molecule has 4 heteroatoms. The van der Waals surface area contributed by atoms with Gasteiger partial charge in [0.25, 0.3) is 5.91 Å². The summed E-state index contributed by atoms with van der Waals surface area (Å²) in [5.41, 5.74) is 5.53. The van der Waals surface area contributed by atoms with Gasteiger partial charge >= 0.3 is 0 Å². The summed E-state index contributed by atoms with van der Waals surface area (Å²) in [6.45, 7) is 1.38. The van der Waals surface area contributed by atoms with Crippen LogP contribution in [0, 0.1) is 0 Å². The number of amides is 1. The third-order valence-corrected chi connectivity index (χ3v) is 1.59. The number of primary amides is 1. The van der Waals surface area contributed by atoms with Crippen molar-refractivity contribution in [3.05, 3.63) is 35.7 Å². The molecule has 0 bridgehead atoms. The standard InChI is InChI=1S/C9H10N2O2/c1-6(12)7-4-2-3-5-11-8(7)9(10)13/h2-5,11H,1H3,(H2,10,13). The second-order valence-corrected chi connectivity index (χ2v) is 2.57. The van der Waals surface area contributed by atoms with Crippen LogP contribution in [0.4, 0.5) is 0 Å². The van der Waals surface area contributed by atoms with Crippen LogP contribution >= 0.6 is 0 Å². The van der Waals surface area contributed by atoms with E-state index < -0.39 is 5.91 Å². The molecule has 1 amide bonds. The van der Waals surface area contributed by atoms with Crippen LogP contribution in [0.5, 0.6) is 0 Å². The number of allylic oxidation sites excluding steroid dienone is 4. The lowest BCUT2D eigenvalue weighted by atomic mass is 10.1. The van der Waals surface area contributed by atoms with E-state index in [2.05, 4.69) is 5.32 Å². The average Bonchev–Trinajstić information content (AvgIpc) is 2.27. The number of carbonyl (C=O) groups excluding carboxylic acids is 2. The van der Waals surface area contributed by atoms with Gasteiger partial charge in [0.2, 0.25) is 0 Å². The number of nitrogens with two attached hydrogens (primary N) is 1. The second kappa shape index (κ2) is 3.71. The lowest BCUT2D eigenvalue weighted by molar-refractivity contribution is -0.116. The number of hydrogen-bond donors (Lipinski definition) is 2. The molecule has 68 valence electrons. The van der Waals surface area contributed by atoms with Crippen LogP contribution in [-0.2, 0) is 9.59 Å². The van der Waals surface area contributed by atoms with Gasteiger partial charge in [0.15, 0.2) is 5.78 Å². The lowest BCUT2D eigenvalue weighted by Gasteiger charge is -2.04. The van der Waals surface area contributed by atoms with E-state index in [1.807, 2.05) is 0 Å². The molecule has 4 nitrogen and oxygen atoms in total. The monoisotopic (exact) mass is 178 g/mol. The molecule has 0 unspecified atom stereocenters. The van der Waals surface area contributed by atoms with Crippen molar-refractivity contribution < 1.29 is 9.59 Å². The smallest absolute Gasteiger partial charge is 0.265 e. The molecule has 0 saturated carbocycles. The van der Waals surface area contributed by atoms with Crippen molar-refractivity contribution >= 4 is 11.7 Å². The number of Topliss-reactive ketones (excluding diaryl/α,β-unsaturated/α-hetero) is 1. The average molecular weight is 178 g/mol. The fraction of sp³-hybridized carbons (Fsp3) is 0.111. The fourth-order valence-corrected chi connectivity index (χ4v) is 0.997. The topological polar surface area (TPSA) is 72.2 Å². The van der Waals surface area contributed by atoms with Crippen molar-refractivity contribution in [1.29, 1.82) is 0 Å². The minimum absolute atomic E-state index is 0.137. The Bertz CT molecular complexity index is 338. The third-order valence-electron chi connectivity index (χ3n) is 1.59. The summed E-state index contributed by atoms with van der Waals surface area (Å²) < 4.78 is 0. The lowest BCUT2D eigenvalue weighted by Crippen LogP contribution is -2.25. The quantitative estimate of drug-likeness (QED) is 0.624. The second-order valence-electron chi connectivity index (χ2n) is 2.57. The first kappa shape index (κ1) is 9.25. The summed E-state index contributed by atoms with van der Waals surface area (Å²) in [6.07, 6.45) is 6.45. The maximum atomic E-state index is 11.1. The highest BCUT2D eigenvalue weighted by Crippen LogP contribution is 2.07. The van der Waals surface area contributed by atoms with E-state index in [0.717, 1.165) is 0 Å². The van der Waals surface area contributed by atoms with Gasteiger partial charge in [-0.2, -0.15) is 0 Å². The first-order valence-electron chi connectivity index (χ1n) is 3.77. The van der Waals surface area contributed by atoms with Crippen molar-refractivity contribution in [2.45, 2.75) is 6.92 Å². The molecule has 1 heterocycles. The van der Waals surface area contributed by atoms with Crippen LogP contribution in [-0.4, -0.2) is 11.7 Å². The van der Waals surface area contributed by atoms with E-state index in [4.69, 9.17) is 5.73 Å². The van der Waals surface area contributed by atoms with Crippen LogP contribution in [0.2, 0.25) is 0 Å². The summed E-state index contributed by atoms with van der Waals surface area (Å²) in [7, 11) is 0. The molecular weight excluding hydrogens is 168 g/mol. The number of carbonyl (C=O) groups is 2. The Morgan fingerprint density at radius 1 is 1.38 bits per heavy atom. The summed E-state index contributed by atoms with van der Waals surface area (Å²) in [5.74, 6) is -0.831. The third kappa shape index (κ3) is 2.05. The van der Waals surface area contributed by atoms with Crippen LogP contribution in [0.3, 0.4) is 0 Å². The zero-order chi connectivity index (χ0) is 9.84. The molecule has 1 aliphatic heterocycles. The van der Waals surface area contributed by atoms with Crippen molar-refractivity contribution in [1.82, 2.24) is 5.32 Å². The molecule has 0 aromatic rings. The summed E-state index contributed by atoms with van der Waals surface area (Å²) in [6, 6.07) is 0. The molecule has 0 spiro atoms. The van der Waals surface area contributed by atoms with Gasteiger partial charge in [-0.1, -0.05) is 6.08 Å².